The SMILES string of the molecule is Nc1nc(/C(=N/O[C@H](O)c2ccc(O)c(O)c2)C(=O)N[C@@H]2C(=O)N3C(C(=O)[O-])=C(/C=C/CSc4nc(N)c5c([n+]4N)CCCC5)CS[C@H]23)cs1. The van der Waals surface area contributed by atoms with E-state index in [9.17, 15) is 34.8 Å². The van der Waals surface area contributed by atoms with Crippen LogP contribution >= 0.6 is 34.9 Å². The van der Waals surface area contributed by atoms with Crippen LogP contribution in [0.15, 0.2) is 57.3 Å². The zero-order valence-electron chi connectivity index (χ0n) is 26.0. The Morgan fingerprint density at radius 2 is 2.02 bits per heavy atom. The fraction of sp³-hybridized carbons (Fsp3) is 0.300. The third-order valence-electron chi connectivity index (χ3n) is 8.07. The molecule has 0 saturated carbocycles. The molecule has 2 aliphatic heterocycles. The Morgan fingerprint density at radius 1 is 1.24 bits per heavy atom. The molecule has 3 aromatic rings. The van der Waals surface area contributed by atoms with Gasteiger partial charge in [-0.2, -0.15) is 0 Å². The number of phenols is 2. The molecule has 3 aliphatic rings. The van der Waals surface area contributed by atoms with E-state index in [0.717, 1.165) is 65.3 Å². The van der Waals surface area contributed by atoms with Crippen molar-refractivity contribution in [3.05, 3.63) is 69.5 Å². The van der Waals surface area contributed by atoms with E-state index in [4.69, 9.17) is 22.1 Å². The summed E-state index contributed by atoms with van der Waals surface area (Å²) in [5, 5.41) is 49.5. The Hall–Kier alpha value is -5.05. The van der Waals surface area contributed by atoms with Gasteiger partial charge >= 0.3 is 5.16 Å². The van der Waals surface area contributed by atoms with Crippen LogP contribution in [0.1, 0.15) is 41.6 Å². The second-order valence-electron chi connectivity index (χ2n) is 11.2. The van der Waals surface area contributed by atoms with Gasteiger partial charge in [-0.1, -0.05) is 17.3 Å². The number of carboxylic acids is 1. The van der Waals surface area contributed by atoms with Crippen LogP contribution in [0.3, 0.4) is 0 Å². The number of aromatic nitrogens is 3. The Morgan fingerprint density at radius 3 is 2.74 bits per heavy atom. The third kappa shape index (κ3) is 6.86. The largest absolute Gasteiger partial charge is 0.543 e. The predicted octanol–water partition coefficient (Wildman–Crippen LogP) is -0.842. The number of aliphatic carboxylic acids is 1. The number of hydrogen-bond acceptors (Lipinski definition) is 17. The molecule has 10 N–H and O–H groups in total. The second-order valence-corrected chi connectivity index (χ2v) is 14.2. The number of nitrogens with two attached hydrogens (primary N) is 3. The number of allylic oxidation sites excluding steroid dienone is 1. The van der Waals surface area contributed by atoms with Gasteiger partial charge < -0.3 is 46.8 Å². The first-order valence-electron chi connectivity index (χ1n) is 15.1. The standard InChI is InChI=1S/C30H31N9O8S3/c31-23-15-5-1-2-6-17(15)39(33)30(36-23)48-9-3-4-14-11-49-26-21(25(43)38(26)22(14)27(44)45)35-24(42)20(16-12-50-29(32)34-16)37-47-28(46)13-7-8-18(40)19(41)10-13/h3-4,7-8,10,12,21,26,28,31,46H,1-2,5-6,9,11,33H2,(H6,32,34,35,37,40,41,42,44,45)/b4-3+/t21-,26-,28+/m1/s1. The maximum atomic E-state index is 13.4. The number of aromatic hydroxyl groups is 2. The molecular formula is C30H31N9O8S3. The van der Waals surface area contributed by atoms with Gasteiger partial charge in [-0.05, 0) is 59.8 Å². The number of hydrogen-bond donors (Lipinski definition) is 7. The summed E-state index contributed by atoms with van der Waals surface area (Å²) >= 11 is 3.58. The number of anilines is 2. The summed E-state index contributed by atoms with van der Waals surface area (Å²) in [7, 11) is 0. The van der Waals surface area contributed by atoms with Gasteiger partial charge in [0.2, 0.25) is 5.82 Å². The average Bonchev–Trinajstić information content (AvgIpc) is 3.53. The second kappa shape index (κ2) is 14.4. The number of rotatable bonds is 11. The van der Waals surface area contributed by atoms with Crippen LogP contribution in [0.4, 0.5) is 10.9 Å². The lowest BCUT2D eigenvalue weighted by atomic mass is 9.96. The Balaban J connectivity index is 1.14. The van der Waals surface area contributed by atoms with Crippen LogP contribution in [0.2, 0.25) is 0 Å². The minimum Gasteiger partial charge on any atom is -0.543 e. The van der Waals surface area contributed by atoms with Gasteiger partial charge in [0, 0.05) is 28.9 Å². The average molecular weight is 742 g/mol. The van der Waals surface area contributed by atoms with Crippen LogP contribution in [0, 0.1) is 0 Å². The fourth-order valence-corrected chi connectivity index (χ4v) is 8.23. The number of benzene rings is 1. The van der Waals surface area contributed by atoms with Crippen LogP contribution in [0.25, 0.3) is 0 Å². The van der Waals surface area contributed by atoms with E-state index in [1.165, 1.54) is 35.0 Å². The molecule has 1 fully saturated rings. The van der Waals surface area contributed by atoms with E-state index in [1.54, 1.807) is 16.8 Å². The molecule has 0 spiro atoms. The summed E-state index contributed by atoms with van der Waals surface area (Å²) in [5.74, 6) is 3.27. The predicted molar refractivity (Wildman–Crippen MR) is 181 cm³/mol. The highest BCUT2D eigenvalue weighted by Gasteiger charge is 2.53. The zero-order valence-corrected chi connectivity index (χ0v) is 28.5. The normalized spacial score (nSPS) is 19.5. The number of nitrogens with zero attached hydrogens (tertiary/aromatic N) is 5. The Kier molecular flexibility index (Phi) is 10.0. The number of amides is 2. The number of β-lactam (4-membered cyclic amide) rings is 1. The van der Waals surface area contributed by atoms with Crippen LogP contribution in [-0.4, -0.2) is 76.6 Å². The van der Waals surface area contributed by atoms with Gasteiger partial charge in [0.1, 0.15) is 22.8 Å². The van der Waals surface area contributed by atoms with Crippen molar-refractivity contribution in [3.8, 4) is 11.5 Å². The lowest BCUT2D eigenvalue weighted by Gasteiger charge is -2.50. The first-order chi connectivity index (χ1) is 23.9. The number of carbonyl (C=O) groups excluding carboxylic acids is 3. The summed E-state index contributed by atoms with van der Waals surface area (Å²) in [6.45, 7) is 0. The quantitative estimate of drug-likeness (QED) is 0.0145. The molecule has 0 bridgehead atoms. The summed E-state index contributed by atoms with van der Waals surface area (Å²) in [4.78, 5) is 53.6. The summed E-state index contributed by atoms with van der Waals surface area (Å²) in [5.41, 5.74) is 13.5. The summed E-state index contributed by atoms with van der Waals surface area (Å²) in [6.07, 6.45) is 5.27. The maximum Gasteiger partial charge on any atom is 0.385 e. The first-order valence-corrected chi connectivity index (χ1v) is 18.0. The number of aliphatic hydroxyl groups excluding tert-OH is 1. The molecule has 1 aliphatic carbocycles. The number of nitrogen functional groups attached to an aromatic ring is 3. The zero-order chi connectivity index (χ0) is 35.7. The van der Waals surface area contributed by atoms with Crippen LogP contribution in [0.5, 0.6) is 11.5 Å². The maximum absolute atomic E-state index is 13.4. The van der Waals surface area contributed by atoms with Gasteiger partial charge in [-0.3, -0.25) is 20.3 Å². The number of thioether (sulfide) groups is 2. The van der Waals surface area contributed by atoms with E-state index in [2.05, 4.69) is 20.4 Å². The summed E-state index contributed by atoms with van der Waals surface area (Å²) < 4.78 is 1.55. The minimum absolute atomic E-state index is 0.0121. The van der Waals surface area contributed by atoms with Crippen molar-refractivity contribution in [3.63, 3.8) is 0 Å². The lowest BCUT2D eigenvalue weighted by molar-refractivity contribution is -0.690. The monoisotopic (exact) mass is 741 g/mol. The highest BCUT2D eigenvalue weighted by atomic mass is 32.2. The number of aliphatic hydroxyl groups is 1. The van der Waals surface area contributed by atoms with Crippen molar-refractivity contribution < 1.29 is 44.3 Å². The topological polar surface area (TPSA) is 280 Å². The van der Waals surface area contributed by atoms with Crippen LogP contribution in [-0.2, 0) is 32.1 Å². The van der Waals surface area contributed by atoms with E-state index in [1.807, 2.05) is 0 Å². The smallest absolute Gasteiger partial charge is 0.385 e. The van der Waals surface area contributed by atoms with E-state index >= 15 is 0 Å². The number of carbonyl (C=O) groups is 3. The molecular weight excluding hydrogens is 711 g/mol. The lowest BCUT2D eigenvalue weighted by Crippen LogP contribution is -2.71. The van der Waals surface area contributed by atoms with Gasteiger partial charge in [0.05, 0.1) is 17.2 Å². The van der Waals surface area contributed by atoms with Crippen molar-refractivity contribution in [2.24, 2.45) is 5.16 Å². The van der Waals surface area contributed by atoms with E-state index < -0.39 is 52.7 Å². The molecule has 2 aromatic heterocycles. The van der Waals surface area contributed by atoms with Gasteiger partial charge in [-0.25, -0.2) is 4.98 Å². The molecule has 0 unspecified atom stereocenters. The van der Waals surface area contributed by atoms with Crippen molar-refractivity contribution in [2.45, 2.75) is 48.5 Å². The molecule has 3 atom stereocenters. The highest BCUT2D eigenvalue weighted by molar-refractivity contribution is 8.00. The number of carboxylic acid groups (broad SMARTS) is 1. The molecule has 17 nitrogen and oxygen atoms in total. The van der Waals surface area contributed by atoms with E-state index in [-0.39, 0.29) is 27.8 Å². The number of fused-ring (bicyclic) bond motifs is 2. The molecule has 50 heavy (non-hydrogen) atoms. The van der Waals surface area contributed by atoms with Gasteiger partial charge in [-0.15, -0.1) is 27.8 Å². The molecule has 1 saturated heterocycles. The van der Waals surface area contributed by atoms with Crippen molar-refractivity contribution >= 4 is 69.3 Å². The summed E-state index contributed by atoms with van der Waals surface area (Å²) in [6, 6.07) is 2.30. The molecule has 262 valence electrons. The van der Waals surface area contributed by atoms with Crippen molar-refractivity contribution in [2.75, 3.05) is 28.8 Å². The van der Waals surface area contributed by atoms with Crippen molar-refractivity contribution in [1.82, 2.24) is 20.2 Å². The molecule has 1 aromatic carbocycles. The molecule has 20 heteroatoms. The fourth-order valence-electron chi connectivity index (χ4n) is 5.61. The van der Waals surface area contributed by atoms with Gasteiger partial charge in [0.15, 0.2) is 22.3 Å². The minimum atomic E-state index is -1.76. The van der Waals surface area contributed by atoms with Gasteiger partial charge in [0.25, 0.3) is 18.1 Å². The highest BCUT2D eigenvalue weighted by Crippen LogP contribution is 2.40. The number of nitrogens with one attached hydrogen (secondary N) is 1. The Bertz CT molecular complexity index is 1970. The van der Waals surface area contributed by atoms with E-state index in [0.29, 0.717) is 22.3 Å². The number of phenolic OH excluding ortho intramolecular Hbond substituents is 2. The molecule has 4 heterocycles. The Labute approximate surface area is 296 Å². The third-order valence-corrected chi connectivity index (χ3v) is 11.0. The number of thiazole rings is 1. The number of oxime groups is 1. The molecule has 6 rings (SSSR count). The molecule has 2 amide bonds. The molecule has 0 radical (unpaired) electrons. The van der Waals surface area contributed by atoms with Crippen LogP contribution < -0.4 is 32.4 Å². The van der Waals surface area contributed by atoms with Crippen molar-refractivity contribution in [1.29, 1.82) is 0 Å². The first kappa shape index (κ1) is 34.8.